The molecule has 10 heteroatoms. The van der Waals surface area contributed by atoms with Gasteiger partial charge in [0.15, 0.2) is 5.82 Å². The van der Waals surface area contributed by atoms with E-state index in [1.165, 1.54) is 22.4 Å². The Bertz CT molecular complexity index is 724. The second-order valence-corrected chi connectivity index (χ2v) is 7.69. The lowest BCUT2D eigenvalue weighted by Gasteiger charge is -2.22. The summed E-state index contributed by atoms with van der Waals surface area (Å²) in [5.74, 6) is 6.17. The van der Waals surface area contributed by atoms with Crippen LogP contribution in [0, 0.1) is 0 Å². The van der Waals surface area contributed by atoms with Crippen LogP contribution in [0.5, 0.6) is 0 Å². The van der Waals surface area contributed by atoms with Gasteiger partial charge in [0.1, 0.15) is 0 Å². The largest absolute Gasteiger partial charge is 0.335 e. The SMILES string of the molecule is Nn1c(SCC(=O)NC(=O)NC2CCCCC2)nnc1-c1cccs1. The number of carbonyl (C=O) groups is 2. The first-order valence-electron chi connectivity index (χ1n) is 8.11. The number of amides is 3. The number of urea groups is 1. The number of nitrogen functional groups attached to an aromatic ring is 1. The summed E-state index contributed by atoms with van der Waals surface area (Å²) in [6.07, 6.45) is 5.39. The molecule has 3 amide bonds. The van der Waals surface area contributed by atoms with Crippen molar-refractivity contribution in [2.45, 2.75) is 43.3 Å². The third kappa shape index (κ3) is 4.73. The van der Waals surface area contributed by atoms with Gasteiger partial charge in [-0.2, -0.15) is 0 Å². The van der Waals surface area contributed by atoms with Gasteiger partial charge in [-0.25, -0.2) is 9.47 Å². The van der Waals surface area contributed by atoms with E-state index in [1.807, 2.05) is 17.5 Å². The van der Waals surface area contributed by atoms with Crippen molar-refractivity contribution in [1.29, 1.82) is 0 Å². The minimum atomic E-state index is -0.439. The molecule has 1 fully saturated rings. The first kappa shape index (κ1) is 17.7. The number of imide groups is 1. The molecule has 0 saturated heterocycles. The summed E-state index contributed by atoms with van der Waals surface area (Å²) < 4.78 is 1.35. The highest BCUT2D eigenvalue weighted by molar-refractivity contribution is 7.99. The fraction of sp³-hybridized carbons (Fsp3) is 0.467. The summed E-state index contributed by atoms with van der Waals surface area (Å²) in [5, 5.41) is 15.6. The average Bonchev–Trinajstić information content (AvgIpc) is 3.23. The van der Waals surface area contributed by atoms with Crippen molar-refractivity contribution in [1.82, 2.24) is 25.5 Å². The Labute approximate surface area is 153 Å². The smallest absolute Gasteiger partial charge is 0.321 e. The molecule has 1 aliphatic rings. The maximum atomic E-state index is 11.9. The van der Waals surface area contributed by atoms with Crippen LogP contribution in [-0.2, 0) is 4.79 Å². The van der Waals surface area contributed by atoms with Crippen LogP contribution in [0.25, 0.3) is 10.7 Å². The third-order valence-electron chi connectivity index (χ3n) is 3.93. The van der Waals surface area contributed by atoms with Crippen LogP contribution in [0.15, 0.2) is 22.7 Å². The highest BCUT2D eigenvalue weighted by Crippen LogP contribution is 2.25. The molecule has 4 N–H and O–H groups in total. The first-order chi connectivity index (χ1) is 12.1. The van der Waals surface area contributed by atoms with Crippen LogP contribution in [0.2, 0.25) is 0 Å². The average molecular weight is 380 g/mol. The Morgan fingerprint density at radius 3 is 2.84 bits per heavy atom. The van der Waals surface area contributed by atoms with Crippen LogP contribution < -0.4 is 16.5 Å². The maximum Gasteiger partial charge on any atom is 0.321 e. The van der Waals surface area contributed by atoms with Gasteiger partial charge in [0.05, 0.1) is 10.6 Å². The maximum absolute atomic E-state index is 11.9. The van der Waals surface area contributed by atoms with Gasteiger partial charge in [0.2, 0.25) is 11.1 Å². The van der Waals surface area contributed by atoms with Crippen LogP contribution in [0.4, 0.5) is 4.79 Å². The second kappa shape index (κ2) is 8.34. The van der Waals surface area contributed by atoms with Crippen LogP contribution in [-0.4, -0.2) is 38.6 Å². The molecule has 0 aliphatic heterocycles. The molecule has 1 aliphatic carbocycles. The van der Waals surface area contributed by atoms with Crippen LogP contribution >= 0.6 is 23.1 Å². The number of thioether (sulfide) groups is 1. The molecule has 3 rings (SSSR count). The standard InChI is InChI=1S/C15H20N6O2S2/c16-21-13(11-7-4-8-24-11)19-20-15(21)25-9-12(22)18-14(23)17-10-5-2-1-3-6-10/h4,7-8,10H,1-3,5-6,9,16H2,(H2,17,18,22,23). The number of nitrogens with zero attached hydrogens (tertiary/aromatic N) is 3. The van der Waals surface area contributed by atoms with Gasteiger partial charge in [-0.1, -0.05) is 37.1 Å². The summed E-state index contributed by atoms with van der Waals surface area (Å²) in [6.45, 7) is 0. The predicted molar refractivity (Wildman–Crippen MR) is 97.8 cm³/mol. The number of nitrogens with one attached hydrogen (secondary N) is 2. The van der Waals surface area contributed by atoms with Crippen LogP contribution in [0.3, 0.4) is 0 Å². The number of thiophene rings is 1. The van der Waals surface area contributed by atoms with Gasteiger partial charge < -0.3 is 11.2 Å². The van der Waals surface area contributed by atoms with Crippen LogP contribution in [0.1, 0.15) is 32.1 Å². The Morgan fingerprint density at radius 2 is 2.12 bits per heavy atom. The summed E-state index contributed by atoms with van der Waals surface area (Å²) >= 11 is 2.65. The van der Waals surface area contributed by atoms with Gasteiger partial charge in [0, 0.05) is 6.04 Å². The fourth-order valence-corrected chi connectivity index (χ4v) is 4.07. The Hall–Kier alpha value is -2.07. The number of nitrogens with two attached hydrogens (primary N) is 1. The van der Waals surface area contributed by atoms with E-state index in [0.29, 0.717) is 11.0 Å². The molecule has 25 heavy (non-hydrogen) atoms. The van der Waals surface area contributed by atoms with Crippen molar-refractivity contribution in [3.63, 3.8) is 0 Å². The molecule has 0 spiro atoms. The van der Waals surface area contributed by atoms with Gasteiger partial charge in [-0.3, -0.25) is 10.1 Å². The number of hydrogen-bond donors (Lipinski definition) is 3. The molecule has 0 bridgehead atoms. The molecule has 0 unspecified atom stereocenters. The highest BCUT2D eigenvalue weighted by atomic mass is 32.2. The quantitative estimate of drug-likeness (QED) is 0.540. The number of hydrogen-bond acceptors (Lipinski definition) is 7. The molecule has 2 aromatic rings. The Balaban J connectivity index is 1.46. The van der Waals surface area contributed by atoms with Crippen molar-refractivity contribution in [3.05, 3.63) is 17.5 Å². The molecule has 8 nitrogen and oxygen atoms in total. The van der Waals surface area contributed by atoms with Crippen molar-refractivity contribution in [2.75, 3.05) is 11.6 Å². The fourth-order valence-electron chi connectivity index (χ4n) is 2.71. The first-order valence-corrected chi connectivity index (χ1v) is 9.97. The Kier molecular flexibility index (Phi) is 5.92. The van der Waals surface area contributed by atoms with E-state index in [9.17, 15) is 9.59 Å². The lowest BCUT2D eigenvalue weighted by molar-refractivity contribution is -0.117. The van der Waals surface area contributed by atoms with Crippen molar-refractivity contribution in [2.24, 2.45) is 0 Å². The molecular formula is C15H20N6O2S2. The normalized spacial score (nSPS) is 15.0. The van der Waals surface area contributed by atoms with Gasteiger partial charge in [-0.15, -0.1) is 21.5 Å². The van der Waals surface area contributed by atoms with E-state index in [1.54, 1.807) is 0 Å². The third-order valence-corrected chi connectivity index (χ3v) is 5.74. The van der Waals surface area contributed by atoms with E-state index < -0.39 is 6.03 Å². The molecule has 2 heterocycles. The second-order valence-electron chi connectivity index (χ2n) is 5.80. The molecule has 0 aromatic carbocycles. The summed E-state index contributed by atoms with van der Waals surface area (Å²) in [6, 6.07) is 3.52. The number of aromatic nitrogens is 3. The summed E-state index contributed by atoms with van der Waals surface area (Å²) in [4.78, 5) is 24.7. The minimum Gasteiger partial charge on any atom is -0.335 e. The van der Waals surface area contributed by atoms with Gasteiger partial charge in [0.25, 0.3) is 0 Å². The molecule has 134 valence electrons. The molecule has 2 aromatic heterocycles. The summed E-state index contributed by atoms with van der Waals surface area (Å²) in [5.41, 5.74) is 0. The molecule has 0 atom stereocenters. The number of carbonyl (C=O) groups excluding carboxylic acids is 2. The van der Waals surface area contributed by atoms with Crippen molar-refractivity contribution >= 4 is 35.0 Å². The Morgan fingerprint density at radius 1 is 1.32 bits per heavy atom. The molecule has 1 saturated carbocycles. The summed E-state index contributed by atoms with van der Waals surface area (Å²) in [7, 11) is 0. The van der Waals surface area contributed by atoms with Crippen molar-refractivity contribution in [3.8, 4) is 10.7 Å². The van der Waals surface area contributed by atoms with E-state index in [4.69, 9.17) is 5.84 Å². The number of rotatable bonds is 5. The lowest BCUT2D eigenvalue weighted by atomic mass is 9.96. The van der Waals surface area contributed by atoms with E-state index in [0.717, 1.165) is 42.3 Å². The van der Waals surface area contributed by atoms with E-state index in [2.05, 4.69) is 20.8 Å². The predicted octanol–water partition coefficient (Wildman–Crippen LogP) is 1.97. The zero-order valence-corrected chi connectivity index (χ0v) is 15.2. The van der Waals surface area contributed by atoms with E-state index in [-0.39, 0.29) is 17.7 Å². The van der Waals surface area contributed by atoms with Gasteiger partial charge >= 0.3 is 6.03 Å². The van der Waals surface area contributed by atoms with Gasteiger partial charge in [-0.05, 0) is 24.3 Å². The van der Waals surface area contributed by atoms with E-state index >= 15 is 0 Å². The lowest BCUT2D eigenvalue weighted by Crippen LogP contribution is -2.45. The molecular weight excluding hydrogens is 360 g/mol. The minimum absolute atomic E-state index is 0.0395. The topological polar surface area (TPSA) is 115 Å². The van der Waals surface area contributed by atoms with Crippen molar-refractivity contribution < 1.29 is 9.59 Å². The zero-order chi connectivity index (χ0) is 17.6. The monoisotopic (exact) mass is 380 g/mol. The molecule has 0 radical (unpaired) electrons. The zero-order valence-electron chi connectivity index (χ0n) is 13.6. The highest BCUT2D eigenvalue weighted by Gasteiger charge is 2.18.